The van der Waals surface area contributed by atoms with Gasteiger partial charge < -0.3 is 9.30 Å². The van der Waals surface area contributed by atoms with Crippen LogP contribution >= 0.6 is 15.9 Å². The second-order valence-corrected chi connectivity index (χ2v) is 5.41. The molecule has 0 unspecified atom stereocenters. The maximum Gasteiger partial charge on any atom is 0.277 e. The Morgan fingerprint density at radius 3 is 2.90 bits per heavy atom. The van der Waals surface area contributed by atoms with Crippen molar-refractivity contribution in [3.8, 4) is 5.75 Å². The van der Waals surface area contributed by atoms with Crippen LogP contribution in [0.4, 0.5) is 0 Å². The van der Waals surface area contributed by atoms with Crippen LogP contribution in [0.3, 0.4) is 0 Å². The molecule has 5 nitrogen and oxygen atoms in total. The molecule has 0 saturated heterocycles. The van der Waals surface area contributed by atoms with E-state index < -0.39 is 0 Å². The minimum Gasteiger partial charge on any atom is -0.484 e. The molecule has 0 aliphatic rings. The summed E-state index contributed by atoms with van der Waals surface area (Å²) >= 11 is 3.34. The summed E-state index contributed by atoms with van der Waals surface area (Å²) in [6.45, 7) is 1.92. The Bertz CT molecular complexity index is 665. The van der Waals surface area contributed by atoms with Gasteiger partial charge in [0.15, 0.2) is 6.61 Å². The molecule has 0 atom stereocenters. The number of hydrogen-bond donors (Lipinski definition) is 1. The van der Waals surface area contributed by atoms with Gasteiger partial charge in [0.05, 0.1) is 11.9 Å². The molecule has 1 aromatic carbocycles. The normalized spacial score (nSPS) is 10.8. The number of aromatic nitrogens is 1. The van der Waals surface area contributed by atoms with Gasteiger partial charge in [-0.2, -0.15) is 5.10 Å². The van der Waals surface area contributed by atoms with Crippen LogP contribution in [0.15, 0.2) is 46.0 Å². The standard InChI is InChI=1S/C15H16BrN3O2/c1-11-6-7-13(19(11)2)9-17-18-15(20)10-21-14-5-3-4-12(16)8-14/h3-9H,10H2,1-2H3,(H,18,20)/b17-9-. The molecule has 0 spiro atoms. The zero-order valence-electron chi connectivity index (χ0n) is 11.8. The van der Waals surface area contributed by atoms with Gasteiger partial charge in [-0.15, -0.1) is 0 Å². The lowest BCUT2D eigenvalue weighted by molar-refractivity contribution is -0.123. The van der Waals surface area contributed by atoms with Crippen molar-refractivity contribution in [2.45, 2.75) is 6.92 Å². The third-order valence-corrected chi connectivity index (χ3v) is 3.46. The number of halogens is 1. The highest BCUT2D eigenvalue weighted by Gasteiger charge is 2.02. The van der Waals surface area contributed by atoms with E-state index in [1.54, 1.807) is 18.3 Å². The topological polar surface area (TPSA) is 55.6 Å². The molecule has 1 heterocycles. The van der Waals surface area contributed by atoms with Crippen molar-refractivity contribution in [2.24, 2.45) is 12.1 Å². The molecule has 110 valence electrons. The SMILES string of the molecule is Cc1ccc(/C=N\NC(=O)COc2cccc(Br)c2)n1C. The molecule has 0 radical (unpaired) electrons. The molecule has 0 bridgehead atoms. The Balaban J connectivity index is 1.81. The first-order chi connectivity index (χ1) is 10.1. The van der Waals surface area contributed by atoms with Gasteiger partial charge in [0.25, 0.3) is 5.91 Å². The van der Waals surface area contributed by atoms with Gasteiger partial charge in [0, 0.05) is 17.2 Å². The van der Waals surface area contributed by atoms with E-state index in [1.165, 1.54) is 0 Å². The van der Waals surface area contributed by atoms with E-state index in [0.717, 1.165) is 15.9 Å². The molecule has 0 aliphatic carbocycles. The van der Waals surface area contributed by atoms with Crippen LogP contribution in [0.25, 0.3) is 0 Å². The number of hydrogen-bond acceptors (Lipinski definition) is 3. The molecular weight excluding hydrogens is 334 g/mol. The number of nitrogens with one attached hydrogen (secondary N) is 1. The molecule has 2 aromatic rings. The van der Waals surface area contributed by atoms with E-state index in [1.807, 2.05) is 42.8 Å². The van der Waals surface area contributed by atoms with E-state index in [9.17, 15) is 4.79 Å². The number of amides is 1. The third-order valence-electron chi connectivity index (χ3n) is 2.96. The number of nitrogens with zero attached hydrogens (tertiary/aromatic N) is 2. The molecule has 0 saturated carbocycles. The highest BCUT2D eigenvalue weighted by Crippen LogP contribution is 2.17. The lowest BCUT2D eigenvalue weighted by Gasteiger charge is -2.05. The minimum atomic E-state index is -0.308. The lowest BCUT2D eigenvalue weighted by Crippen LogP contribution is -2.24. The molecule has 1 amide bonds. The van der Waals surface area contributed by atoms with Crippen LogP contribution in [-0.4, -0.2) is 23.3 Å². The number of carbonyl (C=O) groups excluding carboxylic acids is 1. The van der Waals surface area contributed by atoms with Crippen LogP contribution in [0.5, 0.6) is 5.75 Å². The first-order valence-electron chi connectivity index (χ1n) is 6.39. The molecule has 0 fully saturated rings. The van der Waals surface area contributed by atoms with Crippen molar-refractivity contribution in [3.63, 3.8) is 0 Å². The maximum absolute atomic E-state index is 11.6. The number of carbonyl (C=O) groups is 1. The predicted molar refractivity (Wildman–Crippen MR) is 85.5 cm³/mol. The van der Waals surface area contributed by atoms with Crippen LogP contribution in [0.1, 0.15) is 11.4 Å². The van der Waals surface area contributed by atoms with Gasteiger partial charge in [-0.3, -0.25) is 4.79 Å². The number of ether oxygens (including phenoxy) is 1. The van der Waals surface area contributed by atoms with Crippen molar-refractivity contribution >= 4 is 28.1 Å². The van der Waals surface area contributed by atoms with Crippen LogP contribution in [-0.2, 0) is 11.8 Å². The first-order valence-corrected chi connectivity index (χ1v) is 7.18. The van der Waals surface area contributed by atoms with Crippen LogP contribution in [0.2, 0.25) is 0 Å². The third kappa shape index (κ3) is 4.46. The Morgan fingerprint density at radius 2 is 2.24 bits per heavy atom. The van der Waals surface area contributed by atoms with Crippen LogP contribution in [0, 0.1) is 6.92 Å². The van der Waals surface area contributed by atoms with E-state index >= 15 is 0 Å². The minimum absolute atomic E-state index is 0.0834. The fourth-order valence-electron chi connectivity index (χ4n) is 1.67. The number of rotatable bonds is 5. The van der Waals surface area contributed by atoms with Crippen molar-refractivity contribution in [2.75, 3.05) is 6.61 Å². The maximum atomic E-state index is 11.6. The summed E-state index contributed by atoms with van der Waals surface area (Å²) in [7, 11) is 1.94. The Labute approximate surface area is 131 Å². The highest BCUT2D eigenvalue weighted by molar-refractivity contribution is 9.10. The van der Waals surface area contributed by atoms with Crippen molar-refractivity contribution in [3.05, 3.63) is 52.3 Å². The van der Waals surface area contributed by atoms with Crippen molar-refractivity contribution in [1.82, 2.24) is 9.99 Å². The smallest absolute Gasteiger partial charge is 0.277 e. The van der Waals surface area contributed by atoms with Gasteiger partial charge in [-0.25, -0.2) is 5.43 Å². The predicted octanol–water partition coefficient (Wildman–Crippen LogP) is 2.63. The zero-order valence-corrected chi connectivity index (χ0v) is 13.4. The van der Waals surface area contributed by atoms with E-state index in [2.05, 4.69) is 26.5 Å². The summed E-state index contributed by atoms with van der Waals surface area (Å²) in [5.41, 5.74) is 4.48. The number of benzene rings is 1. The summed E-state index contributed by atoms with van der Waals surface area (Å²) in [6.07, 6.45) is 1.60. The Morgan fingerprint density at radius 1 is 1.43 bits per heavy atom. The molecular formula is C15H16BrN3O2. The highest BCUT2D eigenvalue weighted by atomic mass is 79.9. The largest absolute Gasteiger partial charge is 0.484 e. The molecule has 1 aromatic heterocycles. The fourth-order valence-corrected chi connectivity index (χ4v) is 2.05. The van der Waals surface area contributed by atoms with Gasteiger partial charge in [-0.1, -0.05) is 22.0 Å². The molecule has 2 rings (SSSR count). The van der Waals surface area contributed by atoms with Gasteiger partial charge in [0.2, 0.25) is 0 Å². The Kier molecular flexibility index (Phi) is 5.16. The van der Waals surface area contributed by atoms with E-state index in [0.29, 0.717) is 5.75 Å². The summed E-state index contributed by atoms with van der Waals surface area (Å²) in [5, 5.41) is 3.91. The van der Waals surface area contributed by atoms with Crippen molar-refractivity contribution in [1.29, 1.82) is 0 Å². The van der Waals surface area contributed by atoms with E-state index in [-0.39, 0.29) is 12.5 Å². The molecule has 1 N–H and O–H groups in total. The second kappa shape index (κ2) is 7.08. The molecule has 21 heavy (non-hydrogen) atoms. The quantitative estimate of drug-likeness (QED) is 0.666. The van der Waals surface area contributed by atoms with Gasteiger partial charge in [-0.05, 0) is 37.3 Å². The van der Waals surface area contributed by atoms with Crippen molar-refractivity contribution < 1.29 is 9.53 Å². The molecule has 6 heteroatoms. The summed E-state index contributed by atoms with van der Waals surface area (Å²) in [4.78, 5) is 11.6. The Hall–Kier alpha value is -2.08. The second-order valence-electron chi connectivity index (χ2n) is 4.50. The van der Waals surface area contributed by atoms with Crippen LogP contribution < -0.4 is 10.2 Å². The summed E-state index contributed by atoms with van der Waals surface area (Å²) < 4.78 is 8.24. The average Bonchev–Trinajstić information content (AvgIpc) is 2.77. The van der Waals surface area contributed by atoms with Gasteiger partial charge >= 0.3 is 0 Å². The summed E-state index contributed by atoms with van der Waals surface area (Å²) in [5.74, 6) is 0.318. The monoisotopic (exact) mass is 349 g/mol. The van der Waals surface area contributed by atoms with E-state index in [4.69, 9.17) is 4.74 Å². The first kappa shape index (κ1) is 15.3. The van der Waals surface area contributed by atoms with Gasteiger partial charge in [0.1, 0.15) is 5.75 Å². The number of hydrazone groups is 1. The average molecular weight is 350 g/mol. The fraction of sp³-hybridized carbons (Fsp3) is 0.200. The lowest BCUT2D eigenvalue weighted by atomic mass is 10.3. The zero-order chi connectivity index (χ0) is 15.2. The summed E-state index contributed by atoms with van der Waals surface area (Å²) in [6, 6.07) is 11.2. The number of aryl methyl sites for hydroxylation is 1. The molecule has 0 aliphatic heterocycles.